The first-order valence-electron chi connectivity index (χ1n) is 12.3. The first-order valence-corrected chi connectivity index (χ1v) is 12.3. The van der Waals surface area contributed by atoms with E-state index in [1.165, 1.54) is 5.56 Å². The lowest BCUT2D eigenvalue weighted by Crippen LogP contribution is -2.38. The summed E-state index contributed by atoms with van der Waals surface area (Å²) >= 11 is 0. The summed E-state index contributed by atoms with van der Waals surface area (Å²) in [6.07, 6.45) is -3.43. The van der Waals surface area contributed by atoms with Gasteiger partial charge in [-0.3, -0.25) is 4.79 Å². The Balaban J connectivity index is 1.66. The number of nitriles is 1. The molecule has 12 heteroatoms. The Hall–Kier alpha value is -4.24. The van der Waals surface area contributed by atoms with Gasteiger partial charge in [-0.05, 0) is 49.2 Å². The van der Waals surface area contributed by atoms with E-state index in [-0.39, 0.29) is 28.6 Å². The highest BCUT2D eigenvalue weighted by molar-refractivity contribution is 5.99. The minimum absolute atomic E-state index is 0.0211. The summed E-state index contributed by atoms with van der Waals surface area (Å²) in [4.78, 5) is 25.6. The monoisotopic (exact) mass is 538 g/mol. The van der Waals surface area contributed by atoms with Crippen molar-refractivity contribution in [1.29, 1.82) is 5.26 Å². The molecule has 3 aromatic rings. The van der Waals surface area contributed by atoms with Crippen LogP contribution in [0.25, 0.3) is 0 Å². The van der Waals surface area contributed by atoms with Crippen LogP contribution in [0.4, 0.5) is 36.4 Å². The van der Waals surface area contributed by atoms with Gasteiger partial charge in [0.05, 0.1) is 17.2 Å². The number of hydrogen-bond acceptors (Lipinski definition) is 8. The van der Waals surface area contributed by atoms with Crippen molar-refractivity contribution in [3.8, 4) is 6.07 Å². The van der Waals surface area contributed by atoms with Gasteiger partial charge in [-0.25, -0.2) is 9.97 Å². The van der Waals surface area contributed by atoms with Gasteiger partial charge in [0.1, 0.15) is 23.7 Å². The quantitative estimate of drug-likeness (QED) is 0.337. The molecule has 1 aliphatic rings. The number of nitrogens with zero attached hydrogens (tertiary/aromatic N) is 4. The number of amides is 1. The smallest absolute Gasteiger partial charge is 0.343 e. The summed E-state index contributed by atoms with van der Waals surface area (Å²) in [5.74, 6) is -0.668. The van der Waals surface area contributed by atoms with Crippen LogP contribution in [-0.4, -0.2) is 40.1 Å². The van der Waals surface area contributed by atoms with Gasteiger partial charge in [0.2, 0.25) is 5.95 Å². The molecular weight excluding hydrogens is 509 g/mol. The molecule has 3 heterocycles. The Labute approximate surface area is 224 Å². The molecule has 1 amide bonds. The molecule has 0 saturated carbocycles. The van der Waals surface area contributed by atoms with Gasteiger partial charge in [0, 0.05) is 30.4 Å². The molecule has 9 nitrogen and oxygen atoms in total. The van der Waals surface area contributed by atoms with Gasteiger partial charge in [0.15, 0.2) is 0 Å². The van der Waals surface area contributed by atoms with Crippen LogP contribution in [-0.2, 0) is 17.4 Å². The predicted octanol–water partition coefficient (Wildman–Crippen LogP) is 4.83. The number of anilines is 4. The van der Waals surface area contributed by atoms with Crippen molar-refractivity contribution in [2.45, 2.75) is 51.2 Å². The second-order valence-electron chi connectivity index (χ2n) is 10.5. The average Bonchev–Trinajstić information content (AvgIpc) is 2.87. The second kappa shape index (κ2) is 10.5. The standard InChI is InChI=1S/C27H29F3N8O/c1-25(2,13-31)20-6-5-7-21(36-20)37-22-18(23(39)34-15-27(28,29)30)12-33-24(38-22)35-17-8-9-19-16(10-17)11-32-14-26(19,3)4/h5-10,12,32H,11,14-15H2,1-4H3,(H,34,39)(H2,33,35,36,37,38). The predicted molar refractivity (Wildman–Crippen MR) is 141 cm³/mol. The molecule has 0 spiro atoms. The highest BCUT2D eigenvalue weighted by atomic mass is 19.4. The normalized spacial score (nSPS) is 14.6. The molecule has 0 unspecified atom stereocenters. The molecule has 0 fully saturated rings. The summed E-state index contributed by atoms with van der Waals surface area (Å²) in [7, 11) is 0. The van der Waals surface area contributed by atoms with Crippen molar-refractivity contribution in [3.05, 3.63) is 65.0 Å². The number of carbonyl (C=O) groups excluding carboxylic acids is 1. The number of halogens is 3. The SMILES string of the molecule is CC(C)(C#N)c1cccc(Nc2nc(Nc3ccc4c(c3)CNCC4(C)C)ncc2C(=O)NCC(F)(F)F)n1. The van der Waals surface area contributed by atoms with E-state index in [1.807, 2.05) is 23.5 Å². The minimum Gasteiger partial charge on any atom is -0.343 e. The van der Waals surface area contributed by atoms with E-state index in [4.69, 9.17) is 0 Å². The third kappa shape index (κ3) is 6.61. The number of aromatic nitrogens is 3. The van der Waals surface area contributed by atoms with Crippen LogP contribution >= 0.6 is 0 Å². The van der Waals surface area contributed by atoms with Crippen molar-refractivity contribution < 1.29 is 18.0 Å². The van der Waals surface area contributed by atoms with Crippen LogP contribution in [0.5, 0.6) is 0 Å². The molecule has 0 radical (unpaired) electrons. The van der Waals surface area contributed by atoms with Crippen molar-refractivity contribution in [1.82, 2.24) is 25.6 Å². The summed E-state index contributed by atoms with van der Waals surface area (Å²) in [6, 6.07) is 13.1. The molecular formula is C27H29F3N8O. The zero-order valence-electron chi connectivity index (χ0n) is 22.0. The number of nitrogens with one attached hydrogen (secondary N) is 4. The van der Waals surface area contributed by atoms with Crippen LogP contribution < -0.4 is 21.3 Å². The maximum Gasteiger partial charge on any atom is 0.405 e. The van der Waals surface area contributed by atoms with E-state index in [2.05, 4.69) is 50.8 Å². The Bertz CT molecular complexity index is 1430. The fourth-order valence-electron chi connectivity index (χ4n) is 4.22. The third-order valence-electron chi connectivity index (χ3n) is 6.37. The average molecular weight is 539 g/mol. The van der Waals surface area contributed by atoms with E-state index >= 15 is 0 Å². The number of fused-ring (bicyclic) bond motifs is 1. The molecule has 2 aromatic heterocycles. The first kappa shape index (κ1) is 27.8. The fraction of sp³-hybridized carbons (Fsp3) is 0.370. The lowest BCUT2D eigenvalue weighted by Gasteiger charge is -2.33. The summed E-state index contributed by atoms with van der Waals surface area (Å²) in [5.41, 5.74) is 2.43. The Morgan fingerprint density at radius 1 is 1.15 bits per heavy atom. The van der Waals surface area contributed by atoms with E-state index in [0.29, 0.717) is 17.9 Å². The van der Waals surface area contributed by atoms with Gasteiger partial charge < -0.3 is 21.3 Å². The number of rotatable bonds is 7. The minimum atomic E-state index is -4.58. The number of alkyl halides is 3. The Kier molecular flexibility index (Phi) is 7.48. The number of carbonyl (C=O) groups is 1. The number of pyridine rings is 1. The molecule has 39 heavy (non-hydrogen) atoms. The summed E-state index contributed by atoms with van der Waals surface area (Å²) < 4.78 is 38.2. The van der Waals surface area contributed by atoms with E-state index in [9.17, 15) is 23.2 Å². The molecule has 1 aromatic carbocycles. The molecule has 0 aliphatic carbocycles. The molecule has 1 aliphatic heterocycles. The molecule has 4 N–H and O–H groups in total. The molecule has 4 rings (SSSR count). The Morgan fingerprint density at radius 2 is 1.92 bits per heavy atom. The largest absolute Gasteiger partial charge is 0.405 e. The highest BCUT2D eigenvalue weighted by Gasteiger charge is 2.29. The van der Waals surface area contributed by atoms with Crippen LogP contribution in [0.2, 0.25) is 0 Å². The van der Waals surface area contributed by atoms with Gasteiger partial charge in [-0.2, -0.15) is 23.4 Å². The van der Waals surface area contributed by atoms with Crippen molar-refractivity contribution >= 4 is 29.2 Å². The van der Waals surface area contributed by atoms with Gasteiger partial charge in [-0.1, -0.05) is 26.0 Å². The third-order valence-corrected chi connectivity index (χ3v) is 6.37. The molecule has 204 valence electrons. The lowest BCUT2D eigenvalue weighted by molar-refractivity contribution is -0.123. The highest BCUT2D eigenvalue weighted by Crippen LogP contribution is 2.32. The van der Waals surface area contributed by atoms with Gasteiger partial charge >= 0.3 is 6.18 Å². The molecule has 0 bridgehead atoms. The maximum atomic E-state index is 12.7. The van der Waals surface area contributed by atoms with Crippen LogP contribution in [0.15, 0.2) is 42.6 Å². The first-order chi connectivity index (χ1) is 18.3. The summed E-state index contributed by atoms with van der Waals surface area (Å²) in [5, 5.41) is 20.7. The zero-order valence-corrected chi connectivity index (χ0v) is 22.0. The van der Waals surface area contributed by atoms with E-state index in [0.717, 1.165) is 18.3 Å². The van der Waals surface area contributed by atoms with Crippen molar-refractivity contribution in [3.63, 3.8) is 0 Å². The number of benzene rings is 1. The van der Waals surface area contributed by atoms with Crippen LogP contribution in [0.1, 0.15) is 54.9 Å². The lowest BCUT2D eigenvalue weighted by atomic mass is 9.79. The Morgan fingerprint density at radius 3 is 2.64 bits per heavy atom. The van der Waals surface area contributed by atoms with Crippen molar-refractivity contribution in [2.75, 3.05) is 23.7 Å². The molecule has 0 saturated heterocycles. The summed E-state index contributed by atoms with van der Waals surface area (Å²) in [6.45, 7) is 7.80. The van der Waals surface area contributed by atoms with Crippen molar-refractivity contribution in [2.24, 2.45) is 0 Å². The second-order valence-corrected chi connectivity index (χ2v) is 10.5. The van der Waals surface area contributed by atoms with Crippen LogP contribution in [0.3, 0.4) is 0 Å². The zero-order chi connectivity index (χ0) is 28.4. The fourth-order valence-corrected chi connectivity index (χ4v) is 4.22. The maximum absolute atomic E-state index is 12.7. The van der Waals surface area contributed by atoms with Gasteiger partial charge in [0.25, 0.3) is 5.91 Å². The van der Waals surface area contributed by atoms with E-state index in [1.54, 1.807) is 32.0 Å². The van der Waals surface area contributed by atoms with Gasteiger partial charge in [-0.15, -0.1) is 0 Å². The topological polar surface area (TPSA) is 128 Å². The van der Waals surface area contributed by atoms with Crippen LogP contribution in [0, 0.1) is 11.3 Å². The molecule has 0 atom stereocenters. The number of hydrogen-bond donors (Lipinski definition) is 4. The van der Waals surface area contributed by atoms with E-state index < -0.39 is 24.0 Å².